The molecule has 0 radical (unpaired) electrons. The summed E-state index contributed by atoms with van der Waals surface area (Å²) in [7, 11) is 0. The second-order valence-electron chi connectivity index (χ2n) is 5.33. The smallest absolute Gasteiger partial charge is 0.262 e. The van der Waals surface area contributed by atoms with Crippen molar-refractivity contribution in [2.45, 2.75) is 37.5 Å². The van der Waals surface area contributed by atoms with Crippen LogP contribution in [0.5, 0.6) is 0 Å². The number of hydrogen-bond donors (Lipinski definition) is 1. The molecule has 0 unspecified atom stereocenters. The molecule has 3 heterocycles. The largest absolute Gasteiger partial charge is 0.373 e. The number of rotatable bonds is 1. The van der Waals surface area contributed by atoms with Gasteiger partial charge in [0.2, 0.25) is 0 Å². The maximum atomic E-state index is 12.6. The molecule has 1 N–H and O–H groups in total. The number of nitrogens with zero attached hydrogens (tertiary/aromatic N) is 1. The van der Waals surface area contributed by atoms with Crippen molar-refractivity contribution in [2.24, 2.45) is 0 Å². The van der Waals surface area contributed by atoms with Crippen LogP contribution in [0.25, 0.3) is 10.9 Å². The zero-order chi connectivity index (χ0) is 13.0. The van der Waals surface area contributed by atoms with Crippen molar-refractivity contribution in [3.63, 3.8) is 0 Å². The number of hydrogen-bond acceptors (Lipinski definition) is 3. The van der Waals surface area contributed by atoms with E-state index in [0.29, 0.717) is 16.3 Å². The van der Waals surface area contributed by atoms with Gasteiger partial charge in [0.15, 0.2) is 4.77 Å². The minimum Gasteiger partial charge on any atom is -0.373 e. The Bertz CT molecular complexity index is 764. The van der Waals surface area contributed by atoms with E-state index in [4.69, 9.17) is 17.0 Å². The number of benzene rings is 1. The molecule has 2 fully saturated rings. The van der Waals surface area contributed by atoms with Gasteiger partial charge < -0.3 is 9.72 Å². The van der Waals surface area contributed by atoms with Gasteiger partial charge in [-0.1, -0.05) is 12.1 Å². The van der Waals surface area contributed by atoms with Crippen molar-refractivity contribution in [3.8, 4) is 0 Å². The number of aromatic amines is 1. The number of fused-ring (bicyclic) bond motifs is 3. The summed E-state index contributed by atoms with van der Waals surface area (Å²) in [6, 6.07) is 7.60. The molecule has 19 heavy (non-hydrogen) atoms. The van der Waals surface area contributed by atoms with Gasteiger partial charge >= 0.3 is 0 Å². The number of nitrogens with one attached hydrogen (secondary N) is 1. The maximum absolute atomic E-state index is 12.6. The van der Waals surface area contributed by atoms with Crippen LogP contribution in [0.2, 0.25) is 0 Å². The summed E-state index contributed by atoms with van der Waals surface area (Å²) in [6.07, 6.45) is 3.51. The lowest BCUT2D eigenvalue weighted by molar-refractivity contribution is 0.0931. The van der Waals surface area contributed by atoms with E-state index in [2.05, 4.69) is 4.98 Å². The predicted molar refractivity (Wildman–Crippen MR) is 74.9 cm³/mol. The Balaban J connectivity index is 1.95. The Labute approximate surface area is 115 Å². The highest BCUT2D eigenvalue weighted by Crippen LogP contribution is 2.41. The van der Waals surface area contributed by atoms with Crippen LogP contribution in [0.1, 0.15) is 25.3 Å². The predicted octanol–water partition coefficient (Wildman–Crippen LogP) is 2.55. The van der Waals surface area contributed by atoms with Crippen LogP contribution in [0.4, 0.5) is 0 Å². The topological polar surface area (TPSA) is 47.0 Å². The zero-order valence-corrected chi connectivity index (χ0v) is 11.2. The first-order valence-electron chi connectivity index (χ1n) is 6.63. The van der Waals surface area contributed by atoms with Crippen molar-refractivity contribution in [2.75, 3.05) is 0 Å². The van der Waals surface area contributed by atoms with E-state index in [-0.39, 0.29) is 17.7 Å². The lowest BCUT2D eigenvalue weighted by atomic mass is 9.95. The van der Waals surface area contributed by atoms with Crippen molar-refractivity contribution >= 4 is 23.1 Å². The molecule has 0 aliphatic carbocycles. The second kappa shape index (κ2) is 4.02. The molecule has 1 aromatic heterocycles. The molecule has 0 saturated carbocycles. The standard InChI is InChI=1S/C14H14N2O2S/c17-13-9-3-1-2-4-10(9)15-14(19)16(13)11-7-8-5-6-12(11)18-8/h1-4,8,11-12H,5-7H2,(H,15,19)/t8-,11+,12-/m1/s1. The maximum Gasteiger partial charge on any atom is 0.262 e. The van der Waals surface area contributed by atoms with Gasteiger partial charge in [0.1, 0.15) is 0 Å². The van der Waals surface area contributed by atoms with Gasteiger partial charge in [0.25, 0.3) is 5.56 Å². The summed E-state index contributed by atoms with van der Waals surface area (Å²) in [5, 5.41) is 0.693. The van der Waals surface area contributed by atoms with Crippen LogP contribution in [0.3, 0.4) is 0 Å². The molecule has 98 valence electrons. The van der Waals surface area contributed by atoms with Crippen LogP contribution >= 0.6 is 12.2 Å². The lowest BCUT2D eigenvalue weighted by Crippen LogP contribution is -2.32. The summed E-state index contributed by atoms with van der Waals surface area (Å²) in [5.74, 6) is 0. The molecule has 4 nitrogen and oxygen atoms in total. The molecule has 2 bridgehead atoms. The molecule has 2 aromatic rings. The molecule has 2 saturated heterocycles. The number of para-hydroxylation sites is 1. The monoisotopic (exact) mass is 274 g/mol. The fourth-order valence-corrected chi connectivity index (χ4v) is 3.69. The fraction of sp³-hybridized carbons (Fsp3) is 0.429. The highest BCUT2D eigenvalue weighted by Gasteiger charge is 2.42. The average Bonchev–Trinajstić information content (AvgIpc) is 3.01. The molecule has 2 aliphatic heterocycles. The third-order valence-electron chi connectivity index (χ3n) is 4.24. The first-order chi connectivity index (χ1) is 9.24. The number of H-pyrrole nitrogens is 1. The van der Waals surface area contributed by atoms with E-state index in [0.717, 1.165) is 24.8 Å². The van der Waals surface area contributed by atoms with E-state index in [1.807, 2.05) is 24.3 Å². The molecule has 5 heteroatoms. The molecule has 3 atom stereocenters. The molecular weight excluding hydrogens is 260 g/mol. The Kier molecular flexibility index (Phi) is 2.40. The summed E-state index contributed by atoms with van der Waals surface area (Å²) in [5.41, 5.74) is 0.804. The summed E-state index contributed by atoms with van der Waals surface area (Å²) in [6.45, 7) is 0. The minimum atomic E-state index is 0.000463. The van der Waals surface area contributed by atoms with Gasteiger partial charge in [-0.05, 0) is 43.6 Å². The number of ether oxygens (including phenoxy) is 1. The Morgan fingerprint density at radius 1 is 1.32 bits per heavy atom. The Morgan fingerprint density at radius 2 is 2.16 bits per heavy atom. The summed E-state index contributed by atoms with van der Waals surface area (Å²) < 4.78 is 8.07. The second-order valence-corrected chi connectivity index (χ2v) is 5.71. The minimum absolute atomic E-state index is 0.000463. The van der Waals surface area contributed by atoms with Gasteiger partial charge in [0.05, 0.1) is 29.2 Å². The molecule has 1 aromatic carbocycles. The highest BCUT2D eigenvalue weighted by molar-refractivity contribution is 7.71. The van der Waals surface area contributed by atoms with E-state index >= 15 is 0 Å². The van der Waals surface area contributed by atoms with Crippen LogP contribution in [0.15, 0.2) is 29.1 Å². The first kappa shape index (κ1) is 11.4. The van der Waals surface area contributed by atoms with Gasteiger partial charge in [-0.25, -0.2) is 0 Å². The third kappa shape index (κ3) is 1.61. The van der Waals surface area contributed by atoms with Crippen molar-refractivity contribution in [1.82, 2.24) is 9.55 Å². The van der Waals surface area contributed by atoms with Gasteiger partial charge in [-0.3, -0.25) is 9.36 Å². The molecule has 2 aliphatic rings. The molecule has 4 rings (SSSR count). The van der Waals surface area contributed by atoms with Gasteiger partial charge in [0, 0.05) is 0 Å². The lowest BCUT2D eigenvalue weighted by Gasteiger charge is -2.21. The van der Waals surface area contributed by atoms with E-state index < -0.39 is 0 Å². The van der Waals surface area contributed by atoms with Crippen molar-refractivity contribution in [3.05, 3.63) is 39.4 Å². The average molecular weight is 274 g/mol. The Hall–Kier alpha value is -1.46. The van der Waals surface area contributed by atoms with Crippen molar-refractivity contribution < 1.29 is 4.74 Å². The normalized spacial score (nSPS) is 29.2. The summed E-state index contributed by atoms with van der Waals surface area (Å²) >= 11 is 5.37. The van der Waals surface area contributed by atoms with E-state index in [1.165, 1.54) is 0 Å². The van der Waals surface area contributed by atoms with Gasteiger partial charge in [-0.2, -0.15) is 0 Å². The first-order valence-corrected chi connectivity index (χ1v) is 7.04. The zero-order valence-electron chi connectivity index (χ0n) is 10.3. The fourth-order valence-electron chi connectivity index (χ4n) is 3.36. The van der Waals surface area contributed by atoms with Crippen molar-refractivity contribution in [1.29, 1.82) is 0 Å². The van der Waals surface area contributed by atoms with Crippen LogP contribution < -0.4 is 5.56 Å². The van der Waals surface area contributed by atoms with E-state index in [9.17, 15) is 4.79 Å². The van der Waals surface area contributed by atoms with Gasteiger partial charge in [-0.15, -0.1) is 0 Å². The Morgan fingerprint density at radius 3 is 2.89 bits per heavy atom. The van der Waals surface area contributed by atoms with Crippen LogP contribution in [-0.2, 0) is 4.74 Å². The SMILES string of the molecule is O=c1c2ccccc2[nH]c(=S)n1[C@H]1C[C@H]2CC[C@H]1O2. The quantitative estimate of drug-likeness (QED) is 0.813. The van der Waals surface area contributed by atoms with Crippen LogP contribution in [0, 0.1) is 4.77 Å². The molecule has 0 spiro atoms. The molecular formula is C14H14N2O2S. The van der Waals surface area contributed by atoms with E-state index in [1.54, 1.807) is 4.57 Å². The summed E-state index contributed by atoms with van der Waals surface area (Å²) in [4.78, 5) is 15.8. The third-order valence-corrected chi connectivity index (χ3v) is 4.54. The molecule has 0 amide bonds. The van der Waals surface area contributed by atoms with Crippen LogP contribution in [-0.4, -0.2) is 21.8 Å². The highest BCUT2D eigenvalue weighted by atomic mass is 32.1. The number of aromatic nitrogens is 2.